The van der Waals surface area contributed by atoms with Crippen molar-refractivity contribution >= 4 is 9.84 Å². The summed E-state index contributed by atoms with van der Waals surface area (Å²) >= 11 is 0. The van der Waals surface area contributed by atoms with Gasteiger partial charge in [0, 0.05) is 25.9 Å². The maximum Gasteiger partial charge on any atom is 0.148 e. The van der Waals surface area contributed by atoms with Crippen LogP contribution in [0.4, 0.5) is 0 Å². The molecule has 0 saturated carbocycles. The summed E-state index contributed by atoms with van der Waals surface area (Å²) in [6.45, 7) is 3.56. The van der Waals surface area contributed by atoms with Crippen molar-refractivity contribution in [3.05, 3.63) is 0 Å². The molecule has 0 bridgehead atoms. The number of nitrogens with one attached hydrogen (secondary N) is 1. The van der Waals surface area contributed by atoms with Crippen LogP contribution >= 0.6 is 0 Å². The lowest BCUT2D eigenvalue weighted by Crippen LogP contribution is -2.47. The molecule has 0 amide bonds. The number of morpholine rings is 1. The van der Waals surface area contributed by atoms with Gasteiger partial charge in [0.2, 0.25) is 0 Å². The van der Waals surface area contributed by atoms with E-state index in [4.69, 9.17) is 4.74 Å². The first-order chi connectivity index (χ1) is 6.08. The SMILES string of the molecule is CS(=O)(=O)CCNN1CCOCC1. The van der Waals surface area contributed by atoms with Crippen molar-refractivity contribution in [1.82, 2.24) is 10.4 Å². The molecular weight excluding hydrogens is 192 g/mol. The lowest BCUT2D eigenvalue weighted by atomic mass is 10.5. The van der Waals surface area contributed by atoms with Crippen LogP contribution in [-0.4, -0.2) is 58.3 Å². The topological polar surface area (TPSA) is 58.6 Å². The number of sulfone groups is 1. The minimum absolute atomic E-state index is 0.185. The molecule has 0 spiro atoms. The Balaban J connectivity index is 2.11. The summed E-state index contributed by atoms with van der Waals surface area (Å²) in [7, 11) is -2.85. The Morgan fingerprint density at radius 2 is 2.00 bits per heavy atom. The monoisotopic (exact) mass is 208 g/mol. The Labute approximate surface area is 78.9 Å². The maximum absolute atomic E-state index is 10.8. The number of ether oxygens (including phenoxy) is 1. The van der Waals surface area contributed by atoms with Gasteiger partial charge in [0.25, 0.3) is 0 Å². The van der Waals surface area contributed by atoms with Crippen LogP contribution in [0.25, 0.3) is 0 Å². The quantitative estimate of drug-likeness (QED) is 0.633. The molecule has 1 aliphatic rings. The van der Waals surface area contributed by atoms with E-state index in [9.17, 15) is 8.42 Å². The molecule has 1 saturated heterocycles. The third-order valence-corrected chi connectivity index (χ3v) is 2.77. The summed E-state index contributed by atoms with van der Waals surface area (Å²) in [4.78, 5) is 0. The first-order valence-corrected chi connectivity index (χ1v) is 6.38. The van der Waals surface area contributed by atoms with E-state index in [0.717, 1.165) is 13.1 Å². The highest BCUT2D eigenvalue weighted by molar-refractivity contribution is 7.90. The van der Waals surface area contributed by atoms with Crippen molar-refractivity contribution in [2.24, 2.45) is 0 Å². The van der Waals surface area contributed by atoms with E-state index in [0.29, 0.717) is 19.8 Å². The maximum atomic E-state index is 10.8. The second kappa shape index (κ2) is 4.90. The summed E-state index contributed by atoms with van der Waals surface area (Å²) in [5.74, 6) is 0.185. The molecule has 5 nitrogen and oxygen atoms in total. The highest BCUT2D eigenvalue weighted by Gasteiger charge is 2.10. The Hall–Kier alpha value is -0.170. The molecular formula is C7H16N2O3S. The van der Waals surface area contributed by atoms with Gasteiger partial charge >= 0.3 is 0 Å². The number of hydrogen-bond acceptors (Lipinski definition) is 5. The first-order valence-electron chi connectivity index (χ1n) is 4.32. The summed E-state index contributed by atoms with van der Waals surface area (Å²) in [6, 6.07) is 0. The van der Waals surface area contributed by atoms with Crippen LogP contribution in [-0.2, 0) is 14.6 Å². The fourth-order valence-electron chi connectivity index (χ4n) is 1.11. The standard InChI is InChI=1S/C7H16N2O3S/c1-13(10,11)7-2-8-9-3-5-12-6-4-9/h8H,2-7H2,1H3. The highest BCUT2D eigenvalue weighted by Crippen LogP contribution is 1.91. The average molecular weight is 208 g/mol. The van der Waals surface area contributed by atoms with Gasteiger partial charge in [-0.2, -0.15) is 0 Å². The largest absolute Gasteiger partial charge is 0.379 e. The molecule has 1 rings (SSSR count). The van der Waals surface area contributed by atoms with E-state index >= 15 is 0 Å². The van der Waals surface area contributed by atoms with Crippen molar-refractivity contribution in [2.75, 3.05) is 44.9 Å². The number of hydrazine groups is 1. The van der Waals surface area contributed by atoms with Crippen molar-refractivity contribution in [1.29, 1.82) is 0 Å². The predicted octanol–water partition coefficient (Wildman–Crippen LogP) is -1.13. The Kier molecular flexibility index (Phi) is 4.11. The summed E-state index contributed by atoms with van der Waals surface area (Å²) in [5, 5.41) is 1.99. The molecule has 6 heteroatoms. The van der Waals surface area contributed by atoms with Gasteiger partial charge in [-0.1, -0.05) is 0 Å². The van der Waals surface area contributed by atoms with Crippen LogP contribution in [0.2, 0.25) is 0 Å². The van der Waals surface area contributed by atoms with E-state index in [1.165, 1.54) is 6.26 Å². The van der Waals surface area contributed by atoms with E-state index in [1.807, 2.05) is 5.01 Å². The Morgan fingerprint density at radius 3 is 2.54 bits per heavy atom. The zero-order valence-electron chi connectivity index (χ0n) is 7.82. The second-order valence-electron chi connectivity index (χ2n) is 3.14. The third kappa shape index (κ3) is 5.20. The highest BCUT2D eigenvalue weighted by atomic mass is 32.2. The summed E-state index contributed by atoms with van der Waals surface area (Å²) < 4.78 is 26.7. The lowest BCUT2D eigenvalue weighted by Gasteiger charge is -2.26. The van der Waals surface area contributed by atoms with Crippen LogP contribution in [0.15, 0.2) is 0 Å². The molecule has 0 aliphatic carbocycles. The van der Waals surface area contributed by atoms with Crippen LogP contribution in [0.1, 0.15) is 0 Å². The molecule has 1 fully saturated rings. The minimum Gasteiger partial charge on any atom is -0.379 e. The Bertz CT molecular complexity index is 234. The van der Waals surface area contributed by atoms with Gasteiger partial charge in [-0.05, 0) is 0 Å². The van der Waals surface area contributed by atoms with Crippen molar-refractivity contribution in [3.8, 4) is 0 Å². The molecule has 0 aromatic rings. The summed E-state index contributed by atoms with van der Waals surface area (Å²) in [6.07, 6.45) is 1.24. The zero-order chi connectivity index (χ0) is 9.73. The smallest absolute Gasteiger partial charge is 0.148 e. The van der Waals surface area contributed by atoms with E-state index in [1.54, 1.807) is 0 Å². The fourth-order valence-corrected chi connectivity index (χ4v) is 1.57. The third-order valence-electron chi connectivity index (χ3n) is 1.82. The van der Waals surface area contributed by atoms with Crippen LogP contribution < -0.4 is 5.43 Å². The van der Waals surface area contributed by atoms with Gasteiger partial charge in [0.15, 0.2) is 0 Å². The van der Waals surface area contributed by atoms with Crippen molar-refractivity contribution in [2.45, 2.75) is 0 Å². The van der Waals surface area contributed by atoms with Gasteiger partial charge in [-0.15, -0.1) is 0 Å². The van der Waals surface area contributed by atoms with Gasteiger partial charge < -0.3 is 4.74 Å². The molecule has 0 atom stereocenters. The van der Waals surface area contributed by atoms with Gasteiger partial charge in [0.1, 0.15) is 9.84 Å². The van der Waals surface area contributed by atoms with Crippen LogP contribution in [0.5, 0.6) is 0 Å². The van der Waals surface area contributed by atoms with Gasteiger partial charge in [-0.3, -0.25) is 5.43 Å². The first kappa shape index (κ1) is 10.9. The van der Waals surface area contributed by atoms with Crippen molar-refractivity contribution in [3.63, 3.8) is 0 Å². The zero-order valence-corrected chi connectivity index (χ0v) is 8.64. The number of rotatable bonds is 4. The molecule has 0 radical (unpaired) electrons. The van der Waals surface area contributed by atoms with Crippen LogP contribution in [0.3, 0.4) is 0 Å². The van der Waals surface area contributed by atoms with E-state index in [-0.39, 0.29) is 5.75 Å². The molecule has 0 aromatic heterocycles. The molecule has 1 N–H and O–H groups in total. The fraction of sp³-hybridized carbons (Fsp3) is 1.00. The molecule has 13 heavy (non-hydrogen) atoms. The second-order valence-corrected chi connectivity index (χ2v) is 5.40. The number of nitrogens with zero attached hydrogens (tertiary/aromatic N) is 1. The van der Waals surface area contributed by atoms with E-state index in [2.05, 4.69) is 5.43 Å². The van der Waals surface area contributed by atoms with Gasteiger partial charge in [0.05, 0.1) is 19.0 Å². The minimum atomic E-state index is -2.85. The normalized spacial score (nSPS) is 20.4. The van der Waals surface area contributed by atoms with Crippen molar-refractivity contribution < 1.29 is 13.2 Å². The molecule has 0 aromatic carbocycles. The summed E-state index contributed by atoms with van der Waals surface area (Å²) in [5.41, 5.74) is 3.05. The van der Waals surface area contributed by atoms with Gasteiger partial charge in [-0.25, -0.2) is 13.4 Å². The van der Waals surface area contributed by atoms with E-state index < -0.39 is 9.84 Å². The molecule has 0 unspecified atom stereocenters. The molecule has 78 valence electrons. The molecule has 1 aliphatic heterocycles. The van der Waals surface area contributed by atoms with Crippen LogP contribution in [0, 0.1) is 0 Å². The predicted molar refractivity (Wildman–Crippen MR) is 50.1 cm³/mol. The lowest BCUT2D eigenvalue weighted by molar-refractivity contribution is 0.0133. The average Bonchev–Trinajstić information content (AvgIpc) is 2.04. The Morgan fingerprint density at radius 1 is 1.38 bits per heavy atom. The number of hydrogen-bond donors (Lipinski definition) is 1. The molecule has 1 heterocycles.